The summed E-state index contributed by atoms with van der Waals surface area (Å²) >= 11 is 0. The second-order valence-electron chi connectivity index (χ2n) is 2.83. The van der Waals surface area contributed by atoms with Crippen molar-refractivity contribution in [2.75, 3.05) is 0 Å². The van der Waals surface area contributed by atoms with Gasteiger partial charge in [0.2, 0.25) is 0 Å². The molecule has 2 fully saturated rings. The molecule has 2 aliphatic carbocycles. The normalized spacial score (nSPS) is 19.2. The van der Waals surface area contributed by atoms with Crippen LogP contribution in [-0.2, 0) is 41.2 Å². The van der Waals surface area contributed by atoms with E-state index in [1.54, 1.807) is 0 Å². The van der Waals surface area contributed by atoms with Crippen LogP contribution in [0.1, 0.15) is 51.4 Å². The molecule has 2 saturated carbocycles. The van der Waals surface area contributed by atoms with Crippen molar-refractivity contribution in [2.24, 2.45) is 0 Å². The summed E-state index contributed by atoms with van der Waals surface area (Å²) in [5, 5.41) is 0. The van der Waals surface area contributed by atoms with Gasteiger partial charge in [-0.1, -0.05) is 51.4 Å². The van der Waals surface area contributed by atoms with Crippen LogP contribution >= 0.6 is 0 Å². The number of hydrogen-bond donors (Lipinski definition) is 0. The molecule has 0 bridgehead atoms. The largest absolute Gasteiger partial charge is 0.0533 e. The van der Waals surface area contributed by atoms with Crippen molar-refractivity contribution in [3.8, 4) is 0 Å². The first-order valence-electron chi connectivity index (χ1n) is 4.00. The summed E-state index contributed by atoms with van der Waals surface area (Å²) in [4.78, 5) is 0. The molecule has 0 spiro atoms. The van der Waals surface area contributed by atoms with E-state index in [2.05, 4.69) is 0 Å². The van der Waals surface area contributed by atoms with Crippen LogP contribution in [0.2, 0.25) is 0 Å². The Kier molecular flexibility index (Phi) is 14.4. The first-order chi connectivity index (χ1) is 4.00. The van der Waals surface area contributed by atoms with E-state index in [9.17, 15) is 0 Å². The van der Waals surface area contributed by atoms with Crippen LogP contribution < -0.4 is 0 Å². The smallest absolute Gasteiger partial charge is 0 e. The Morgan fingerprint density at radius 2 is 0.500 bits per heavy atom. The van der Waals surface area contributed by atoms with Crippen molar-refractivity contribution in [1.29, 1.82) is 0 Å². The Morgan fingerprint density at radius 1 is 0.400 bits per heavy atom. The molecular formula is C8H16IrPt. The van der Waals surface area contributed by atoms with Crippen LogP contribution in [0.25, 0.3) is 0 Å². The molecule has 67 valence electrons. The minimum absolute atomic E-state index is 0. The monoisotopic (exact) mass is 500 g/mol. The fraction of sp³-hybridized carbons (Fsp3) is 1.00. The van der Waals surface area contributed by atoms with Crippen molar-refractivity contribution in [3.05, 3.63) is 0 Å². The molecule has 0 amide bonds. The molecule has 0 heterocycles. The number of hydrogen-bond acceptors (Lipinski definition) is 0. The minimum atomic E-state index is 0. The Morgan fingerprint density at radius 3 is 0.500 bits per heavy atom. The molecule has 0 unspecified atom stereocenters. The third-order valence-electron chi connectivity index (χ3n) is 2.00. The molecule has 2 aliphatic rings. The average Bonchev–Trinajstić information content (AvgIpc) is 1.12. The van der Waals surface area contributed by atoms with Gasteiger partial charge >= 0.3 is 0 Å². The third-order valence-corrected chi connectivity index (χ3v) is 2.00. The molecule has 0 aromatic rings. The summed E-state index contributed by atoms with van der Waals surface area (Å²) in [6, 6.07) is 0. The van der Waals surface area contributed by atoms with E-state index in [0.717, 1.165) is 0 Å². The van der Waals surface area contributed by atoms with Gasteiger partial charge in [-0.05, 0) is 0 Å². The van der Waals surface area contributed by atoms with E-state index in [1.165, 1.54) is 51.4 Å². The topological polar surface area (TPSA) is 0 Å². The standard InChI is InChI=1S/2C4H8.Ir.Pt/c2*1-2-4-3-1;;/h2*1-4H2;;. The maximum Gasteiger partial charge on any atom is 0 e. The Labute approximate surface area is 92.2 Å². The molecular weight excluding hydrogens is 483 g/mol. The van der Waals surface area contributed by atoms with Crippen molar-refractivity contribution in [1.82, 2.24) is 0 Å². The van der Waals surface area contributed by atoms with Gasteiger partial charge in [0.25, 0.3) is 0 Å². The summed E-state index contributed by atoms with van der Waals surface area (Å²) < 4.78 is 0. The maximum atomic E-state index is 1.50. The van der Waals surface area contributed by atoms with Gasteiger partial charge in [-0.15, -0.1) is 0 Å². The van der Waals surface area contributed by atoms with E-state index >= 15 is 0 Å². The summed E-state index contributed by atoms with van der Waals surface area (Å²) in [6.07, 6.45) is 12.0. The van der Waals surface area contributed by atoms with Gasteiger partial charge in [-0.25, -0.2) is 0 Å². The Balaban J connectivity index is 0. The van der Waals surface area contributed by atoms with Gasteiger partial charge in [0, 0.05) is 41.2 Å². The summed E-state index contributed by atoms with van der Waals surface area (Å²) in [6.45, 7) is 0. The van der Waals surface area contributed by atoms with Gasteiger partial charge in [0.05, 0.1) is 0 Å². The number of rotatable bonds is 0. The van der Waals surface area contributed by atoms with E-state index in [1.807, 2.05) is 0 Å². The predicted molar refractivity (Wildman–Crippen MR) is 36.9 cm³/mol. The zero-order valence-corrected chi connectivity index (χ0v) is 11.0. The minimum Gasteiger partial charge on any atom is -0.0533 e. The van der Waals surface area contributed by atoms with E-state index in [-0.39, 0.29) is 41.2 Å². The van der Waals surface area contributed by atoms with Gasteiger partial charge in [0.15, 0.2) is 0 Å². The first-order valence-corrected chi connectivity index (χ1v) is 4.00. The van der Waals surface area contributed by atoms with E-state index in [0.29, 0.717) is 0 Å². The van der Waals surface area contributed by atoms with E-state index in [4.69, 9.17) is 0 Å². The molecule has 1 radical (unpaired) electrons. The van der Waals surface area contributed by atoms with Crippen LogP contribution in [0.4, 0.5) is 0 Å². The third kappa shape index (κ3) is 7.44. The Bertz CT molecular complexity index is 33.2. The summed E-state index contributed by atoms with van der Waals surface area (Å²) in [5.74, 6) is 0. The summed E-state index contributed by atoms with van der Waals surface area (Å²) in [7, 11) is 0. The van der Waals surface area contributed by atoms with E-state index < -0.39 is 0 Å². The summed E-state index contributed by atoms with van der Waals surface area (Å²) in [5.41, 5.74) is 0. The fourth-order valence-corrected chi connectivity index (χ4v) is 0.500. The quantitative estimate of drug-likeness (QED) is 0.481. The molecule has 2 heteroatoms. The zero-order chi connectivity index (χ0) is 5.66. The molecule has 0 N–H and O–H groups in total. The van der Waals surface area contributed by atoms with Crippen LogP contribution in [0.15, 0.2) is 0 Å². The molecule has 0 saturated heterocycles. The SMILES string of the molecule is C1CCC1.C1CCC1.[Ir].[Pt]. The molecule has 0 aromatic heterocycles. The van der Waals surface area contributed by atoms with Crippen LogP contribution in [0.5, 0.6) is 0 Å². The van der Waals surface area contributed by atoms with Crippen molar-refractivity contribution < 1.29 is 41.2 Å². The van der Waals surface area contributed by atoms with Crippen LogP contribution in [-0.4, -0.2) is 0 Å². The van der Waals surface area contributed by atoms with Crippen molar-refractivity contribution in [2.45, 2.75) is 51.4 Å². The predicted octanol–water partition coefficient (Wildman–Crippen LogP) is 3.12. The molecule has 0 atom stereocenters. The Hall–Kier alpha value is 1.34. The molecule has 0 aromatic carbocycles. The second kappa shape index (κ2) is 10.3. The molecule has 10 heavy (non-hydrogen) atoms. The molecule has 0 aliphatic heterocycles. The zero-order valence-electron chi connectivity index (χ0n) is 6.31. The fourth-order valence-electron chi connectivity index (χ4n) is 0.500. The van der Waals surface area contributed by atoms with Crippen molar-refractivity contribution >= 4 is 0 Å². The van der Waals surface area contributed by atoms with Crippen LogP contribution in [0, 0.1) is 0 Å². The van der Waals surface area contributed by atoms with Crippen molar-refractivity contribution in [3.63, 3.8) is 0 Å². The first kappa shape index (κ1) is 13.9. The molecule has 0 nitrogen and oxygen atoms in total. The van der Waals surface area contributed by atoms with Gasteiger partial charge < -0.3 is 0 Å². The van der Waals surface area contributed by atoms with Crippen LogP contribution in [0.3, 0.4) is 0 Å². The average molecular weight is 500 g/mol. The maximum absolute atomic E-state index is 1.50. The second-order valence-corrected chi connectivity index (χ2v) is 2.83. The van der Waals surface area contributed by atoms with Gasteiger partial charge in [0.1, 0.15) is 0 Å². The van der Waals surface area contributed by atoms with Gasteiger partial charge in [-0.2, -0.15) is 0 Å². The van der Waals surface area contributed by atoms with Gasteiger partial charge in [-0.3, -0.25) is 0 Å². The molecule has 2 rings (SSSR count).